The minimum absolute atomic E-state index is 0.172. The molecule has 1 fully saturated rings. The van der Waals surface area contributed by atoms with Gasteiger partial charge in [-0.1, -0.05) is 13.3 Å². The van der Waals surface area contributed by atoms with Crippen LogP contribution >= 0.6 is 0 Å². The van der Waals surface area contributed by atoms with Crippen molar-refractivity contribution < 1.29 is 8.42 Å². The quantitative estimate of drug-likeness (QED) is 0.718. The topological polar surface area (TPSA) is 49.4 Å². The first kappa shape index (κ1) is 13.9. The van der Waals surface area contributed by atoms with Gasteiger partial charge in [0, 0.05) is 19.1 Å². The van der Waals surface area contributed by atoms with Crippen LogP contribution in [0, 0.1) is 0 Å². The summed E-state index contributed by atoms with van der Waals surface area (Å²) in [6.45, 7) is 6.31. The third kappa shape index (κ3) is 3.71. The van der Waals surface area contributed by atoms with E-state index in [9.17, 15) is 8.42 Å². The number of nitrogens with one attached hydrogen (secondary N) is 1. The van der Waals surface area contributed by atoms with E-state index >= 15 is 0 Å². The first-order valence-corrected chi connectivity index (χ1v) is 7.93. The number of hydrogen-bond donors (Lipinski definition) is 1. The van der Waals surface area contributed by atoms with Crippen molar-refractivity contribution in [2.75, 3.05) is 25.4 Å². The van der Waals surface area contributed by atoms with Crippen LogP contribution in [0.25, 0.3) is 0 Å². The zero-order valence-corrected chi connectivity index (χ0v) is 11.2. The first-order chi connectivity index (χ1) is 7.61. The molecule has 1 N–H and O–H groups in total. The van der Waals surface area contributed by atoms with E-state index in [4.69, 9.17) is 0 Å². The summed E-state index contributed by atoms with van der Waals surface area (Å²) in [5.41, 5.74) is 0. The molecule has 5 heteroatoms. The molecule has 1 atom stereocenters. The molecule has 0 radical (unpaired) electrons. The van der Waals surface area contributed by atoms with E-state index in [-0.39, 0.29) is 11.8 Å². The first-order valence-electron chi connectivity index (χ1n) is 6.32. The Hall–Kier alpha value is -0.130. The largest absolute Gasteiger partial charge is 0.315 e. The number of rotatable bonds is 6. The van der Waals surface area contributed by atoms with Crippen LogP contribution < -0.4 is 5.32 Å². The van der Waals surface area contributed by atoms with E-state index in [1.807, 2.05) is 0 Å². The standard InChI is InChI=1S/C11H24N2O2S/c1-3-8-12-10-11-7-5-6-9-13(11)16(14,15)4-2/h11-12H,3-10H2,1-2H3. The summed E-state index contributed by atoms with van der Waals surface area (Å²) in [6.07, 6.45) is 4.24. The molecule has 0 aromatic carbocycles. The Bertz CT molecular complexity index is 290. The van der Waals surface area contributed by atoms with Crippen molar-refractivity contribution in [1.29, 1.82) is 0 Å². The van der Waals surface area contributed by atoms with E-state index < -0.39 is 10.0 Å². The normalized spacial score (nSPS) is 23.5. The minimum atomic E-state index is -3.01. The third-order valence-corrected chi connectivity index (χ3v) is 5.03. The van der Waals surface area contributed by atoms with E-state index in [0.29, 0.717) is 6.54 Å². The van der Waals surface area contributed by atoms with Gasteiger partial charge in [-0.3, -0.25) is 0 Å². The SMILES string of the molecule is CCCNCC1CCCCN1S(=O)(=O)CC. The Morgan fingerprint density at radius 2 is 2.06 bits per heavy atom. The van der Waals surface area contributed by atoms with Gasteiger partial charge < -0.3 is 5.32 Å². The molecular weight excluding hydrogens is 224 g/mol. The zero-order chi connectivity index (χ0) is 12.0. The van der Waals surface area contributed by atoms with Gasteiger partial charge in [0.25, 0.3) is 0 Å². The lowest BCUT2D eigenvalue weighted by Gasteiger charge is -2.34. The number of hydrogen-bond acceptors (Lipinski definition) is 3. The molecule has 0 spiro atoms. The van der Waals surface area contributed by atoms with E-state index in [1.165, 1.54) is 0 Å². The second-order valence-electron chi connectivity index (χ2n) is 4.37. The molecule has 16 heavy (non-hydrogen) atoms. The fourth-order valence-electron chi connectivity index (χ4n) is 2.16. The Balaban J connectivity index is 2.57. The smallest absolute Gasteiger partial charge is 0.214 e. The highest BCUT2D eigenvalue weighted by molar-refractivity contribution is 7.89. The lowest BCUT2D eigenvalue weighted by molar-refractivity contribution is 0.246. The fraction of sp³-hybridized carbons (Fsp3) is 1.00. The summed E-state index contributed by atoms with van der Waals surface area (Å²) in [6, 6.07) is 0.172. The molecular formula is C11H24N2O2S. The van der Waals surface area contributed by atoms with Crippen LogP contribution in [0.3, 0.4) is 0 Å². The summed E-state index contributed by atoms with van der Waals surface area (Å²) in [7, 11) is -3.01. The van der Waals surface area contributed by atoms with Gasteiger partial charge in [0.2, 0.25) is 10.0 Å². The van der Waals surface area contributed by atoms with Crippen LogP contribution in [-0.4, -0.2) is 44.2 Å². The number of nitrogens with zero attached hydrogens (tertiary/aromatic N) is 1. The van der Waals surface area contributed by atoms with Crippen molar-refractivity contribution in [3.63, 3.8) is 0 Å². The van der Waals surface area contributed by atoms with Gasteiger partial charge in [0.15, 0.2) is 0 Å². The van der Waals surface area contributed by atoms with E-state index in [0.717, 1.165) is 38.8 Å². The summed E-state index contributed by atoms with van der Waals surface area (Å²) < 4.78 is 25.5. The van der Waals surface area contributed by atoms with Crippen LogP contribution in [0.15, 0.2) is 0 Å². The molecule has 1 unspecified atom stereocenters. The third-order valence-electron chi connectivity index (χ3n) is 3.10. The molecule has 0 aliphatic carbocycles. The average molecular weight is 248 g/mol. The molecule has 0 bridgehead atoms. The summed E-state index contributed by atoms with van der Waals surface area (Å²) in [5.74, 6) is 0.220. The minimum Gasteiger partial charge on any atom is -0.315 e. The van der Waals surface area contributed by atoms with Crippen LogP contribution in [0.5, 0.6) is 0 Å². The fourth-order valence-corrected chi connectivity index (χ4v) is 3.53. The van der Waals surface area contributed by atoms with Gasteiger partial charge in [-0.05, 0) is 32.7 Å². The molecule has 0 aromatic rings. The van der Waals surface area contributed by atoms with E-state index in [2.05, 4.69) is 12.2 Å². The van der Waals surface area contributed by atoms with Gasteiger partial charge in [-0.2, -0.15) is 4.31 Å². The van der Waals surface area contributed by atoms with Crippen molar-refractivity contribution in [3.05, 3.63) is 0 Å². The maximum Gasteiger partial charge on any atom is 0.214 e. The molecule has 4 nitrogen and oxygen atoms in total. The van der Waals surface area contributed by atoms with Crippen LogP contribution in [-0.2, 0) is 10.0 Å². The van der Waals surface area contributed by atoms with E-state index in [1.54, 1.807) is 11.2 Å². The second kappa shape index (κ2) is 6.57. The molecule has 1 saturated heterocycles. The Labute approximate surface area is 99.5 Å². The molecule has 0 amide bonds. The number of sulfonamides is 1. The predicted molar refractivity (Wildman–Crippen MR) is 67.0 cm³/mol. The highest BCUT2D eigenvalue weighted by Gasteiger charge is 2.30. The zero-order valence-electron chi connectivity index (χ0n) is 10.4. The molecule has 1 rings (SSSR count). The van der Waals surface area contributed by atoms with Crippen molar-refractivity contribution >= 4 is 10.0 Å². The Morgan fingerprint density at radius 3 is 2.69 bits per heavy atom. The van der Waals surface area contributed by atoms with Crippen molar-refractivity contribution in [2.45, 2.75) is 45.6 Å². The molecule has 1 aliphatic rings. The lowest BCUT2D eigenvalue weighted by atomic mass is 10.1. The monoisotopic (exact) mass is 248 g/mol. The average Bonchev–Trinajstić information content (AvgIpc) is 2.30. The van der Waals surface area contributed by atoms with Gasteiger partial charge in [-0.25, -0.2) is 8.42 Å². The molecule has 0 aromatic heterocycles. The Morgan fingerprint density at radius 1 is 1.31 bits per heavy atom. The van der Waals surface area contributed by atoms with Crippen molar-refractivity contribution in [1.82, 2.24) is 9.62 Å². The van der Waals surface area contributed by atoms with Crippen LogP contribution in [0.4, 0.5) is 0 Å². The highest BCUT2D eigenvalue weighted by Crippen LogP contribution is 2.20. The van der Waals surface area contributed by atoms with Crippen molar-refractivity contribution in [2.24, 2.45) is 0 Å². The summed E-state index contributed by atoms with van der Waals surface area (Å²) >= 11 is 0. The van der Waals surface area contributed by atoms with Crippen LogP contribution in [0.2, 0.25) is 0 Å². The molecule has 1 aliphatic heterocycles. The van der Waals surface area contributed by atoms with Gasteiger partial charge >= 0.3 is 0 Å². The maximum atomic E-state index is 11.9. The van der Waals surface area contributed by atoms with Crippen LogP contribution in [0.1, 0.15) is 39.5 Å². The predicted octanol–water partition coefficient (Wildman–Crippen LogP) is 1.19. The summed E-state index contributed by atoms with van der Waals surface area (Å²) in [5, 5.41) is 3.32. The molecule has 1 heterocycles. The van der Waals surface area contributed by atoms with Gasteiger partial charge in [-0.15, -0.1) is 0 Å². The molecule has 0 saturated carbocycles. The van der Waals surface area contributed by atoms with Gasteiger partial charge in [0.05, 0.1) is 5.75 Å². The lowest BCUT2D eigenvalue weighted by Crippen LogP contribution is -2.49. The highest BCUT2D eigenvalue weighted by atomic mass is 32.2. The maximum absolute atomic E-state index is 11.9. The van der Waals surface area contributed by atoms with Crippen molar-refractivity contribution in [3.8, 4) is 0 Å². The Kier molecular flexibility index (Phi) is 5.72. The summed E-state index contributed by atoms with van der Waals surface area (Å²) in [4.78, 5) is 0. The number of piperidine rings is 1. The van der Waals surface area contributed by atoms with Gasteiger partial charge in [0.1, 0.15) is 0 Å². The second-order valence-corrected chi connectivity index (χ2v) is 6.58. The molecule has 96 valence electrons.